The van der Waals surface area contributed by atoms with E-state index in [1.165, 1.54) is 16.7 Å². The van der Waals surface area contributed by atoms with Crippen molar-refractivity contribution in [3.8, 4) is 11.1 Å². The predicted molar refractivity (Wildman–Crippen MR) is 124 cm³/mol. The van der Waals surface area contributed by atoms with Gasteiger partial charge in [0, 0.05) is 55.4 Å². The van der Waals surface area contributed by atoms with Crippen molar-refractivity contribution in [3.63, 3.8) is 0 Å². The van der Waals surface area contributed by atoms with Gasteiger partial charge in [0.2, 0.25) is 0 Å². The molecule has 0 atom stereocenters. The first-order valence-electron chi connectivity index (χ1n) is 11.0. The fourth-order valence-corrected chi connectivity index (χ4v) is 4.48. The number of carbonyl (C=O) groups excluding carboxylic acids is 1. The average molecular weight is 411 g/mol. The standard InChI is InChI=1S/C26H26N4O/c1-2-18-7-3-4-8-24(18)22-12-19-11-21(16-28-25(19)29-17-22)20-13-23(15-27-14-20)26(31)30-9-5-6-10-30/h3-4,7-8,11,13-17H,2,5-6,9-10,12H2,1H3,(H,28,29). The molecule has 5 nitrogen and oxygen atoms in total. The number of carbonyl (C=O) groups is 1. The number of amides is 1. The van der Waals surface area contributed by atoms with E-state index in [9.17, 15) is 4.79 Å². The number of nitrogens with zero attached hydrogens (tertiary/aromatic N) is 3. The summed E-state index contributed by atoms with van der Waals surface area (Å²) in [5, 5.41) is 3.36. The molecule has 156 valence electrons. The second-order valence-corrected chi connectivity index (χ2v) is 8.19. The van der Waals surface area contributed by atoms with Crippen LogP contribution in [0.25, 0.3) is 16.7 Å². The zero-order valence-electron chi connectivity index (χ0n) is 17.8. The number of anilines is 1. The van der Waals surface area contributed by atoms with Crippen molar-refractivity contribution in [2.45, 2.75) is 32.6 Å². The highest BCUT2D eigenvalue weighted by Gasteiger charge is 2.21. The molecule has 4 heterocycles. The molecule has 31 heavy (non-hydrogen) atoms. The molecular formula is C26H26N4O. The zero-order chi connectivity index (χ0) is 21.2. The summed E-state index contributed by atoms with van der Waals surface area (Å²) in [5.74, 6) is 0.958. The number of fused-ring (bicyclic) bond motifs is 1. The van der Waals surface area contributed by atoms with Gasteiger partial charge < -0.3 is 10.2 Å². The lowest BCUT2D eigenvalue weighted by atomic mass is 9.92. The molecule has 1 saturated heterocycles. The second-order valence-electron chi connectivity index (χ2n) is 8.19. The summed E-state index contributed by atoms with van der Waals surface area (Å²) in [6.45, 7) is 3.86. The van der Waals surface area contributed by atoms with E-state index >= 15 is 0 Å². The number of pyridine rings is 2. The molecule has 0 aliphatic carbocycles. The highest BCUT2D eigenvalue weighted by molar-refractivity contribution is 5.95. The molecule has 2 aliphatic heterocycles. The summed E-state index contributed by atoms with van der Waals surface area (Å²) in [4.78, 5) is 23.7. The Morgan fingerprint density at radius 2 is 1.87 bits per heavy atom. The van der Waals surface area contributed by atoms with Gasteiger partial charge in [0.15, 0.2) is 0 Å². The Bertz CT molecular complexity index is 1160. The van der Waals surface area contributed by atoms with Crippen LogP contribution in [0.1, 0.15) is 46.8 Å². The van der Waals surface area contributed by atoms with Gasteiger partial charge in [0.25, 0.3) is 5.91 Å². The first kappa shape index (κ1) is 19.5. The minimum Gasteiger partial charge on any atom is -0.346 e. The van der Waals surface area contributed by atoms with Gasteiger partial charge in [-0.15, -0.1) is 0 Å². The van der Waals surface area contributed by atoms with E-state index in [4.69, 9.17) is 0 Å². The van der Waals surface area contributed by atoms with Crippen molar-refractivity contribution in [1.82, 2.24) is 14.9 Å². The fraction of sp³-hybridized carbons (Fsp3) is 0.269. The van der Waals surface area contributed by atoms with Gasteiger partial charge in [-0.05, 0) is 53.7 Å². The molecular weight excluding hydrogens is 384 g/mol. The Morgan fingerprint density at radius 3 is 2.71 bits per heavy atom. The third kappa shape index (κ3) is 3.83. The number of hydrogen-bond donors (Lipinski definition) is 1. The van der Waals surface area contributed by atoms with Gasteiger partial charge in [-0.1, -0.05) is 31.2 Å². The van der Waals surface area contributed by atoms with E-state index in [0.29, 0.717) is 5.56 Å². The minimum atomic E-state index is 0.0702. The van der Waals surface area contributed by atoms with Crippen LogP contribution < -0.4 is 5.32 Å². The SMILES string of the molecule is CCc1ccccc1C1=CNc2ncc(-c3cncc(C(=O)N4CCCC4)c3)cc2C1. The topological polar surface area (TPSA) is 58.1 Å². The maximum Gasteiger partial charge on any atom is 0.255 e. The van der Waals surface area contributed by atoms with Gasteiger partial charge in [0.05, 0.1) is 5.56 Å². The molecule has 0 bridgehead atoms. The number of hydrogen-bond acceptors (Lipinski definition) is 4. The first-order chi connectivity index (χ1) is 15.2. The molecule has 1 amide bonds. The van der Waals surface area contributed by atoms with Crippen molar-refractivity contribution in [2.24, 2.45) is 0 Å². The summed E-state index contributed by atoms with van der Waals surface area (Å²) in [6, 6.07) is 12.7. The monoisotopic (exact) mass is 410 g/mol. The van der Waals surface area contributed by atoms with Crippen LogP contribution in [0.2, 0.25) is 0 Å². The number of likely N-dealkylation sites (tertiary alicyclic amines) is 1. The Kier molecular flexibility index (Phi) is 5.24. The predicted octanol–water partition coefficient (Wildman–Crippen LogP) is 4.95. The largest absolute Gasteiger partial charge is 0.346 e. The quantitative estimate of drug-likeness (QED) is 0.661. The van der Waals surface area contributed by atoms with Crippen LogP contribution in [0, 0.1) is 0 Å². The average Bonchev–Trinajstić information content (AvgIpc) is 3.38. The number of rotatable bonds is 4. The molecule has 1 fully saturated rings. The summed E-state index contributed by atoms with van der Waals surface area (Å²) in [7, 11) is 0. The van der Waals surface area contributed by atoms with Crippen LogP contribution in [0.15, 0.2) is 61.2 Å². The molecule has 0 unspecified atom stereocenters. The highest BCUT2D eigenvalue weighted by Crippen LogP contribution is 2.32. The number of benzene rings is 1. The maximum atomic E-state index is 12.8. The molecule has 0 spiro atoms. The Morgan fingerprint density at radius 1 is 1.06 bits per heavy atom. The second kappa shape index (κ2) is 8.34. The third-order valence-corrected chi connectivity index (χ3v) is 6.19. The van der Waals surface area contributed by atoms with E-state index in [0.717, 1.165) is 61.3 Å². The van der Waals surface area contributed by atoms with Crippen molar-refractivity contribution in [3.05, 3.63) is 83.4 Å². The molecule has 0 saturated carbocycles. The van der Waals surface area contributed by atoms with Crippen molar-refractivity contribution in [1.29, 1.82) is 0 Å². The fourth-order valence-electron chi connectivity index (χ4n) is 4.48. The van der Waals surface area contributed by atoms with Crippen LogP contribution in [0.3, 0.4) is 0 Å². The molecule has 2 aromatic heterocycles. The third-order valence-electron chi connectivity index (χ3n) is 6.19. The summed E-state index contributed by atoms with van der Waals surface area (Å²) in [6.07, 6.45) is 11.4. The van der Waals surface area contributed by atoms with E-state index < -0.39 is 0 Å². The molecule has 5 rings (SSSR count). The number of nitrogens with one attached hydrogen (secondary N) is 1. The number of aryl methyl sites for hydroxylation is 1. The van der Waals surface area contributed by atoms with Gasteiger partial charge in [-0.2, -0.15) is 0 Å². The lowest BCUT2D eigenvalue weighted by Crippen LogP contribution is -2.27. The molecule has 1 N–H and O–H groups in total. The van der Waals surface area contributed by atoms with Gasteiger partial charge in [-0.3, -0.25) is 9.78 Å². The first-order valence-corrected chi connectivity index (χ1v) is 11.0. The van der Waals surface area contributed by atoms with Crippen LogP contribution in [-0.4, -0.2) is 33.9 Å². The minimum absolute atomic E-state index is 0.0702. The van der Waals surface area contributed by atoms with Crippen LogP contribution in [-0.2, 0) is 12.8 Å². The van der Waals surface area contributed by atoms with Gasteiger partial charge in [0.1, 0.15) is 5.82 Å². The van der Waals surface area contributed by atoms with Crippen LogP contribution in [0.4, 0.5) is 5.82 Å². The molecule has 5 heteroatoms. The molecule has 0 radical (unpaired) electrons. The number of allylic oxidation sites excluding steroid dienone is 1. The molecule has 1 aromatic carbocycles. The highest BCUT2D eigenvalue weighted by atomic mass is 16.2. The lowest BCUT2D eigenvalue weighted by molar-refractivity contribution is 0.0792. The molecule has 2 aliphatic rings. The zero-order valence-corrected chi connectivity index (χ0v) is 17.8. The number of aromatic nitrogens is 2. The summed E-state index contributed by atoms with van der Waals surface area (Å²) >= 11 is 0. The van der Waals surface area contributed by atoms with E-state index in [1.807, 2.05) is 23.4 Å². The summed E-state index contributed by atoms with van der Waals surface area (Å²) in [5.41, 5.74) is 7.60. The summed E-state index contributed by atoms with van der Waals surface area (Å²) < 4.78 is 0. The van der Waals surface area contributed by atoms with Crippen molar-refractivity contribution in [2.75, 3.05) is 18.4 Å². The Hall–Kier alpha value is -3.47. The van der Waals surface area contributed by atoms with Gasteiger partial charge in [-0.25, -0.2) is 4.98 Å². The Labute approximate surface area is 182 Å². The van der Waals surface area contributed by atoms with Crippen molar-refractivity contribution >= 4 is 17.3 Å². The maximum absolute atomic E-state index is 12.8. The van der Waals surface area contributed by atoms with E-state index in [-0.39, 0.29) is 5.91 Å². The van der Waals surface area contributed by atoms with E-state index in [2.05, 4.69) is 58.7 Å². The van der Waals surface area contributed by atoms with Crippen LogP contribution >= 0.6 is 0 Å². The Balaban J connectivity index is 1.43. The lowest BCUT2D eigenvalue weighted by Gasteiger charge is -2.20. The normalized spacial score (nSPS) is 15.3. The van der Waals surface area contributed by atoms with E-state index in [1.54, 1.807) is 6.20 Å². The smallest absolute Gasteiger partial charge is 0.255 e. The van der Waals surface area contributed by atoms with Crippen molar-refractivity contribution < 1.29 is 4.79 Å². The van der Waals surface area contributed by atoms with Gasteiger partial charge >= 0.3 is 0 Å². The molecule has 3 aromatic rings. The van der Waals surface area contributed by atoms with Crippen LogP contribution in [0.5, 0.6) is 0 Å².